The lowest BCUT2D eigenvalue weighted by Gasteiger charge is -2.19. The summed E-state index contributed by atoms with van der Waals surface area (Å²) >= 11 is 0. The lowest BCUT2D eigenvalue weighted by Crippen LogP contribution is -2.32. The van der Waals surface area contributed by atoms with E-state index in [1.165, 1.54) is 12.8 Å². The Morgan fingerprint density at radius 3 is 1.88 bits per heavy atom. The number of rotatable bonds is 11. The molecule has 0 bridgehead atoms. The maximum absolute atomic E-state index is 5.96. The second-order valence-electron chi connectivity index (χ2n) is 4.28. The average Bonchev–Trinajstić information content (AvgIpc) is 2.29. The van der Waals surface area contributed by atoms with E-state index in [0.717, 1.165) is 38.5 Å². The summed E-state index contributed by atoms with van der Waals surface area (Å²) in [5, 5.41) is 0. The predicted molar refractivity (Wildman–Crippen MR) is 71.9 cm³/mol. The number of unbranched alkanes of at least 4 members (excludes halogenated alkanes) is 2. The summed E-state index contributed by atoms with van der Waals surface area (Å²) < 4.78 is 11.7. The molecule has 0 aliphatic rings. The van der Waals surface area contributed by atoms with Crippen molar-refractivity contribution in [3.05, 3.63) is 0 Å². The highest BCUT2D eigenvalue weighted by molar-refractivity contribution is 6.44. The Labute approximate surface area is 103 Å². The van der Waals surface area contributed by atoms with E-state index in [1.807, 2.05) is 0 Å². The molecule has 2 N–H and O–H groups in total. The van der Waals surface area contributed by atoms with Crippen molar-refractivity contribution in [2.75, 3.05) is 13.2 Å². The molecule has 0 spiro atoms. The molecule has 1 unspecified atom stereocenters. The van der Waals surface area contributed by atoms with Gasteiger partial charge in [-0.2, -0.15) is 0 Å². The fourth-order valence-corrected chi connectivity index (χ4v) is 3.37. The summed E-state index contributed by atoms with van der Waals surface area (Å²) in [6.45, 7) is 8.16. The molecule has 0 aromatic rings. The molecular weight excluding hydrogens is 218 g/mol. The van der Waals surface area contributed by atoms with Gasteiger partial charge in [0, 0.05) is 25.3 Å². The number of hydrogen-bond acceptors (Lipinski definition) is 3. The highest BCUT2D eigenvalue weighted by Crippen LogP contribution is 2.06. The Kier molecular flexibility index (Phi) is 11.6. The minimum Gasteiger partial charge on any atom is -0.396 e. The van der Waals surface area contributed by atoms with Crippen LogP contribution < -0.4 is 5.73 Å². The summed E-state index contributed by atoms with van der Waals surface area (Å²) in [5.41, 5.74) is 5.96. The normalized spacial score (nSPS) is 13.3. The van der Waals surface area contributed by atoms with Gasteiger partial charge in [-0.15, -0.1) is 0 Å². The molecule has 0 fully saturated rings. The first-order valence-corrected chi connectivity index (χ1v) is 8.49. The van der Waals surface area contributed by atoms with Crippen LogP contribution in [0.3, 0.4) is 0 Å². The van der Waals surface area contributed by atoms with Gasteiger partial charge in [0.15, 0.2) is 0 Å². The summed E-state index contributed by atoms with van der Waals surface area (Å²) in [5.74, 6) is 0. The van der Waals surface area contributed by atoms with E-state index < -0.39 is 9.28 Å². The Balaban J connectivity index is 3.75. The summed E-state index contributed by atoms with van der Waals surface area (Å²) in [6, 6.07) is 1.20. The van der Waals surface area contributed by atoms with Crippen molar-refractivity contribution in [1.29, 1.82) is 0 Å². The SMILES string of the molecule is CCCCO[SiH](CC(N)CC)OCCCC. The van der Waals surface area contributed by atoms with Gasteiger partial charge >= 0.3 is 9.28 Å². The van der Waals surface area contributed by atoms with Crippen molar-refractivity contribution in [2.24, 2.45) is 5.73 Å². The maximum atomic E-state index is 5.96. The van der Waals surface area contributed by atoms with Gasteiger partial charge in [-0.05, 0) is 19.3 Å². The maximum Gasteiger partial charge on any atom is 0.322 e. The van der Waals surface area contributed by atoms with Gasteiger partial charge < -0.3 is 14.6 Å². The molecule has 0 saturated heterocycles. The topological polar surface area (TPSA) is 44.5 Å². The van der Waals surface area contributed by atoms with E-state index in [2.05, 4.69) is 20.8 Å². The van der Waals surface area contributed by atoms with E-state index in [0.29, 0.717) is 0 Å². The van der Waals surface area contributed by atoms with Crippen molar-refractivity contribution in [3.63, 3.8) is 0 Å². The van der Waals surface area contributed by atoms with Crippen LogP contribution in [0.15, 0.2) is 0 Å². The third-order valence-electron chi connectivity index (χ3n) is 2.62. The smallest absolute Gasteiger partial charge is 0.322 e. The molecule has 98 valence electrons. The second kappa shape index (κ2) is 11.6. The van der Waals surface area contributed by atoms with Crippen LogP contribution in [0.1, 0.15) is 52.9 Å². The molecule has 0 aliphatic carbocycles. The van der Waals surface area contributed by atoms with Crippen LogP contribution in [-0.2, 0) is 8.85 Å². The predicted octanol–water partition coefficient (Wildman–Crippen LogP) is 2.58. The molecule has 0 aromatic heterocycles. The summed E-state index contributed by atoms with van der Waals surface area (Å²) in [4.78, 5) is 0. The van der Waals surface area contributed by atoms with Gasteiger partial charge in [-0.1, -0.05) is 33.6 Å². The van der Waals surface area contributed by atoms with Crippen molar-refractivity contribution in [3.8, 4) is 0 Å². The van der Waals surface area contributed by atoms with Crippen LogP contribution in [-0.4, -0.2) is 28.5 Å². The zero-order valence-electron chi connectivity index (χ0n) is 11.2. The largest absolute Gasteiger partial charge is 0.396 e. The number of nitrogens with two attached hydrogens (primary N) is 1. The monoisotopic (exact) mass is 247 g/mol. The molecule has 16 heavy (non-hydrogen) atoms. The highest BCUT2D eigenvalue weighted by atomic mass is 28.3. The van der Waals surface area contributed by atoms with E-state index in [1.54, 1.807) is 0 Å². The van der Waals surface area contributed by atoms with E-state index in [4.69, 9.17) is 14.6 Å². The first-order valence-electron chi connectivity index (χ1n) is 6.73. The van der Waals surface area contributed by atoms with Crippen molar-refractivity contribution >= 4 is 9.28 Å². The first-order chi connectivity index (χ1) is 7.74. The molecule has 0 heterocycles. The van der Waals surface area contributed by atoms with Gasteiger partial charge in [-0.3, -0.25) is 0 Å². The molecule has 0 aromatic carbocycles. The molecule has 1 atom stereocenters. The molecule has 3 nitrogen and oxygen atoms in total. The van der Waals surface area contributed by atoms with E-state index >= 15 is 0 Å². The quantitative estimate of drug-likeness (QED) is 0.451. The Morgan fingerprint density at radius 1 is 1.00 bits per heavy atom. The van der Waals surface area contributed by atoms with Crippen LogP contribution in [0.2, 0.25) is 6.04 Å². The minimum atomic E-state index is -1.50. The standard InChI is InChI=1S/C12H29NO2Si/c1-4-7-9-14-16(11-12(13)6-3)15-10-8-5-2/h12,16H,4-11,13H2,1-3H3. The molecule has 0 radical (unpaired) electrons. The van der Waals surface area contributed by atoms with Gasteiger partial charge in [0.25, 0.3) is 0 Å². The van der Waals surface area contributed by atoms with Crippen molar-refractivity contribution in [2.45, 2.75) is 65.0 Å². The Morgan fingerprint density at radius 2 is 1.50 bits per heavy atom. The van der Waals surface area contributed by atoms with Crippen LogP contribution >= 0.6 is 0 Å². The van der Waals surface area contributed by atoms with Gasteiger partial charge in [-0.25, -0.2) is 0 Å². The lowest BCUT2D eigenvalue weighted by molar-refractivity contribution is 0.189. The zero-order valence-corrected chi connectivity index (χ0v) is 12.4. The molecule has 0 saturated carbocycles. The van der Waals surface area contributed by atoms with Crippen molar-refractivity contribution in [1.82, 2.24) is 0 Å². The Bertz CT molecular complexity index is 137. The molecule has 4 heteroatoms. The first kappa shape index (κ1) is 16.1. The third-order valence-corrected chi connectivity index (χ3v) is 4.83. The average molecular weight is 247 g/mol. The van der Waals surface area contributed by atoms with Crippen LogP contribution in [0.5, 0.6) is 0 Å². The van der Waals surface area contributed by atoms with Gasteiger partial charge in [0.05, 0.1) is 0 Å². The summed E-state index contributed by atoms with van der Waals surface area (Å²) in [7, 11) is -1.50. The minimum absolute atomic E-state index is 0.250. The fraction of sp³-hybridized carbons (Fsp3) is 1.00. The van der Waals surface area contributed by atoms with Crippen LogP contribution in [0.25, 0.3) is 0 Å². The second-order valence-corrected chi connectivity index (χ2v) is 6.28. The molecular formula is C12H29NO2Si. The molecule has 0 rings (SSSR count). The zero-order chi connectivity index (χ0) is 12.2. The third kappa shape index (κ3) is 9.33. The molecule has 0 amide bonds. The Hall–Kier alpha value is 0.0969. The van der Waals surface area contributed by atoms with Gasteiger partial charge in [0.1, 0.15) is 0 Å². The summed E-state index contributed by atoms with van der Waals surface area (Å²) in [6.07, 6.45) is 5.62. The molecule has 0 aliphatic heterocycles. The lowest BCUT2D eigenvalue weighted by atomic mass is 10.3. The van der Waals surface area contributed by atoms with Crippen LogP contribution in [0.4, 0.5) is 0 Å². The van der Waals surface area contributed by atoms with E-state index in [9.17, 15) is 0 Å². The van der Waals surface area contributed by atoms with Crippen molar-refractivity contribution < 1.29 is 8.85 Å². The highest BCUT2D eigenvalue weighted by Gasteiger charge is 2.16. The fourth-order valence-electron chi connectivity index (χ4n) is 1.32. The van der Waals surface area contributed by atoms with E-state index in [-0.39, 0.29) is 6.04 Å². The van der Waals surface area contributed by atoms with Gasteiger partial charge in [0.2, 0.25) is 0 Å². The van der Waals surface area contributed by atoms with Crippen LogP contribution in [0, 0.1) is 0 Å². The number of hydrogen-bond donors (Lipinski definition) is 1.